The van der Waals surface area contributed by atoms with Crippen molar-refractivity contribution in [1.82, 2.24) is 0 Å². The first kappa shape index (κ1) is 10.9. The van der Waals surface area contributed by atoms with Crippen LogP contribution in [0.1, 0.15) is 27.2 Å². The van der Waals surface area contributed by atoms with Crippen LogP contribution in [-0.2, 0) is 0 Å². The van der Waals surface area contributed by atoms with Gasteiger partial charge in [0.25, 0.3) is 0 Å². The summed E-state index contributed by atoms with van der Waals surface area (Å²) in [6, 6.07) is -0.481. The van der Waals surface area contributed by atoms with E-state index in [1.165, 1.54) is 0 Å². The Bertz CT molecular complexity index is 207. The van der Waals surface area contributed by atoms with Crippen molar-refractivity contribution in [2.75, 3.05) is 0 Å². The summed E-state index contributed by atoms with van der Waals surface area (Å²) < 4.78 is 0. The normalized spacial score (nSPS) is 15.1. The zero-order chi connectivity index (χ0) is 9.56. The minimum Gasteiger partial charge on any atom is -0.264 e. The summed E-state index contributed by atoms with van der Waals surface area (Å²) in [5, 5.41) is 10.2. The Morgan fingerprint density at radius 2 is 2.25 bits per heavy atom. The summed E-state index contributed by atoms with van der Waals surface area (Å²) in [5.41, 5.74) is 1.08. The molecule has 68 valence electrons. The lowest BCUT2D eigenvalue weighted by Gasteiger charge is -1.98. The summed E-state index contributed by atoms with van der Waals surface area (Å²) in [4.78, 5) is 9.96. The standard InChI is InChI=1S/C9H15NO2/c1-4-5-8(2)6-7-9(3)10(11)12/h4-6,9H,7H2,1-3H3/b5-4+,8-6-. The van der Waals surface area contributed by atoms with Gasteiger partial charge in [-0.25, -0.2) is 0 Å². The van der Waals surface area contributed by atoms with E-state index in [4.69, 9.17) is 0 Å². The van der Waals surface area contributed by atoms with Crippen LogP contribution in [0.2, 0.25) is 0 Å². The van der Waals surface area contributed by atoms with Crippen LogP contribution in [0, 0.1) is 10.1 Å². The summed E-state index contributed by atoms with van der Waals surface area (Å²) in [7, 11) is 0. The van der Waals surface area contributed by atoms with Crippen molar-refractivity contribution < 1.29 is 4.92 Å². The molecule has 1 atom stereocenters. The van der Waals surface area contributed by atoms with Crippen LogP contribution in [-0.4, -0.2) is 11.0 Å². The number of nitrogens with zero attached hydrogens (tertiary/aromatic N) is 1. The van der Waals surface area contributed by atoms with E-state index >= 15 is 0 Å². The fourth-order valence-electron chi connectivity index (χ4n) is 0.773. The number of allylic oxidation sites excluding steroid dienone is 3. The topological polar surface area (TPSA) is 43.1 Å². The molecule has 3 nitrogen and oxygen atoms in total. The summed E-state index contributed by atoms with van der Waals surface area (Å²) in [6.45, 7) is 5.47. The predicted octanol–water partition coefficient (Wildman–Crippen LogP) is 2.56. The largest absolute Gasteiger partial charge is 0.264 e. The first-order valence-corrected chi connectivity index (χ1v) is 4.01. The number of rotatable bonds is 4. The highest BCUT2D eigenvalue weighted by Gasteiger charge is 2.09. The van der Waals surface area contributed by atoms with Crippen LogP contribution in [0.5, 0.6) is 0 Å². The maximum Gasteiger partial charge on any atom is 0.213 e. The fourth-order valence-corrected chi connectivity index (χ4v) is 0.773. The second-order valence-corrected chi connectivity index (χ2v) is 2.82. The van der Waals surface area contributed by atoms with Gasteiger partial charge >= 0.3 is 0 Å². The Balaban J connectivity index is 3.95. The lowest BCUT2D eigenvalue weighted by atomic mass is 10.1. The molecule has 0 amide bonds. The van der Waals surface area contributed by atoms with Gasteiger partial charge in [-0.05, 0) is 13.8 Å². The molecule has 0 heterocycles. The van der Waals surface area contributed by atoms with Gasteiger partial charge in [-0.3, -0.25) is 10.1 Å². The van der Waals surface area contributed by atoms with Crippen molar-refractivity contribution in [2.24, 2.45) is 0 Å². The number of nitro groups is 1. The molecule has 0 saturated heterocycles. The smallest absolute Gasteiger partial charge is 0.213 e. The van der Waals surface area contributed by atoms with Crippen molar-refractivity contribution in [1.29, 1.82) is 0 Å². The highest BCUT2D eigenvalue weighted by molar-refractivity contribution is 5.15. The average Bonchev–Trinajstić information content (AvgIpc) is 2.00. The van der Waals surface area contributed by atoms with Crippen molar-refractivity contribution >= 4 is 0 Å². The molecule has 0 spiro atoms. The molecular formula is C9H15NO2. The second-order valence-electron chi connectivity index (χ2n) is 2.82. The van der Waals surface area contributed by atoms with Gasteiger partial charge in [0, 0.05) is 18.3 Å². The van der Waals surface area contributed by atoms with Crippen molar-refractivity contribution in [3.8, 4) is 0 Å². The lowest BCUT2D eigenvalue weighted by Crippen LogP contribution is -2.13. The summed E-state index contributed by atoms with van der Waals surface area (Å²) in [5.74, 6) is 0. The first-order chi connectivity index (χ1) is 5.57. The molecule has 0 aromatic heterocycles. The van der Waals surface area contributed by atoms with Crippen LogP contribution < -0.4 is 0 Å². The third-order valence-electron chi connectivity index (χ3n) is 1.57. The van der Waals surface area contributed by atoms with E-state index in [1.54, 1.807) is 6.92 Å². The molecule has 0 aliphatic heterocycles. The monoisotopic (exact) mass is 169 g/mol. The van der Waals surface area contributed by atoms with Gasteiger partial charge in [0.15, 0.2) is 0 Å². The maximum absolute atomic E-state index is 10.2. The Labute approximate surface area is 72.9 Å². The fraction of sp³-hybridized carbons (Fsp3) is 0.556. The summed E-state index contributed by atoms with van der Waals surface area (Å²) in [6.07, 6.45) is 6.24. The zero-order valence-electron chi connectivity index (χ0n) is 7.78. The molecular weight excluding hydrogens is 154 g/mol. The number of hydrogen-bond donors (Lipinski definition) is 0. The molecule has 1 unspecified atom stereocenters. The minimum absolute atomic E-state index is 0.264. The molecule has 0 rings (SSSR count). The van der Waals surface area contributed by atoms with E-state index in [1.807, 2.05) is 32.1 Å². The van der Waals surface area contributed by atoms with E-state index in [9.17, 15) is 10.1 Å². The minimum atomic E-state index is -0.481. The molecule has 0 bridgehead atoms. The molecule has 0 aromatic rings. The Kier molecular flexibility index (Phi) is 5.00. The third-order valence-corrected chi connectivity index (χ3v) is 1.57. The molecule has 0 fully saturated rings. The van der Waals surface area contributed by atoms with Gasteiger partial charge < -0.3 is 0 Å². The van der Waals surface area contributed by atoms with E-state index in [-0.39, 0.29) is 4.92 Å². The average molecular weight is 169 g/mol. The Morgan fingerprint density at radius 1 is 1.67 bits per heavy atom. The molecule has 0 N–H and O–H groups in total. The summed E-state index contributed by atoms with van der Waals surface area (Å²) >= 11 is 0. The van der Waals surface area contributed by atoms with Gasteiger partial charge in [-0.15, -0.1) is 0 Å². The quantitative estimate of drug-likeness (QED) is 0.369. The molecule has 0 radical (unpaired) electrons. The van der Waals surface area contributed by atoms with E-state index in [0.717, 1.165) is 5.57 Å². The maximum atomic E-state index is 10.2. The van der Waals surface area contributed by atoms with Gasteiger partial charge in [0.2, 0.25) is 6.04 Å². The van der Waals surface area contributed by atoms with E-state index in [0.29, 0.717) is 6.42 Å². The number of hydrogen-bond acceptors (Lipinski definition) is 2. The Hall–Kier alpha value is -1.12. The molecule has 0 aliphatic rings. The van der Waals surface area contributed by atoms with Crippen LogP contribution >= 0.6 is 0 Å². The van der Waals surface area contributed by atoms with Crippen molar-refractivity contribution in [3.63, 3.8) is 0 Å². The van der Waals surface area contributed by atoms with Crippen molar-refractivity contribution in [3.05, 3.63) is 33.9 Å². The lowest BCUT2D eigenvalue weighted by molar-refractivity contribution is -0.517. The van der Waals surface area contributed by atoms with E-state index < -0.39 is 6.04 Å². The first-order valence-electron chi connectivity index (χ1n) is 4.01. The van der Waals surface area contributed by atoms with Gasteiger partial charge in [0.05, 0.1) is 0 Å². The SMILES string of the molecule is C/C=C/C(C)=C\CC(C)[N+](=O)[O-]. The molecule has 3 heteroatoms. The molecule has 0 saturated carbocycles. The van der Waals surface area contributed by atoms with Crippen molar-refractivity contribution in [2.45, 2.75) is 33.2 Å². The van der Waals surface area contributed by atoms with Crippen LogP contribution in [0.15, 0.2) is 23.8 Å². The zero-order valence-corrected chi connectivity index (χ0v) is 7.78. The van der Waals surface area contributed by atoms with Crippen LogP contribution in [0.3, 0.4) is 0 Å². The highest BCUT2D eigenvalue weighted by atomic mass is 16.6. The van der Waals surface area contributed by atoms with Gasteiger partial charge in [-0.2, -0.15) is 0 Å². The molecule has 12 heavy (non-hydrogen) atoms. The van der Waals surface area contributed by atoms with Gasteiger partial charge in [0.1, 0.15) is 0 Å². The molecule has 0 aromatic carbocycles. The Morgan fingerprint density at radius 3 is 2.67 bits per heavy atom. The van der Waals surface area contributed by atoms with Crippen LogP contribution in [0.4, 0.5) is 0 Å². The molecule has 0 aliphatic carbocycles. The van der Waals surface area contributed by atoms with Gasteiger partial charge in [-0.1, -0.05) is 23.8 Å². The van der Waals surface area contributed by atoms with E-state index in [2.05, 4.69) is 0 Å². The second kappa shape index (κ2) is 5.52. The highest BCUT2D eigenvalue weighted by Crippen LogP contribution is 2.02. The van der Waals surface area contributed by atoms with Crippen LogP contribution in [0.25, 0.3) is 0 Å². The third kappa shape index (κ3) is 4.66. The predicted molar refractivity (Wildman–Crippen MR) is 49.6 cm³/mol.